The lowest BCUT2D eigenvalue weighted by Gasteiger charge is -2.38. The highest BCUT2D eigenvalue weighted by Gasteiger charge is 2.37. The molecule has 0 spiro atoms. The molecular weight excluding hydrogens is 278 g/mol. The number of benzene rings is 1. The zero-order valence-electron chi connectivity index (χ0n) is 13.2. The van der Waals surface area contributed by atoms with E-state index in [2.05, 4.69) is 41.3 Å². The van der Waals surface area contributed by atoms with Gasteiger partial charge in [-0.05, 0) is 31.4 Å². The first-order chi connectivity index (χ1) is 10.6. The fourth-order valence-corrected chi connectivity index (χ4v) is 2.75. The summed E-state index contributed by atoms with van der Waals surface area (Å²) in [7, 11) is 0. The number of carbonyl (C=O) groups excluding carboxylic acids is 1. The summed E-state index contributed by atoms with van der Waals surface area (Å²) in [6.45, 7) is 7.23. The molecule has 2 heterocycles. The van der Waals surface area contributed by atoms with Crippen molar-refractivity contribution in [2.45, 2.75) is 39.0 Å². The number of carbonyl (C=O) groups is 1. The summed E-state index contributed by atoms with van der Waals surface area (Å²) in [6, 6.07) is 8.30. The molecule has 0 N–H and O–H groups in total. The van der Waals surface area contributed by atoms with Crippen LogP contribution < -0.4 is 0 Å². The molecule has 2 aromatic rings. The quantitative estimate of drug-likeness (QED) is 0.871. The van der Waals surface area contributed by atoms with E-state index in [0.717, 1.165) is 12.0 Å². The smallest absolute Gasteiger partial charge is 0.233 e. The summed E-state index contributed by atoms with van der Waals surface area (Å²) in [5.41, 5.74) is 2.36. The maximum absolute atomic E-state index is 12.5. The lowest BCUT2D eigenvalue weighted by molar-refractivity contribution is -0.137. The van der Waals surface area contributed by atoms with Crippen LogP contribution in [0, 0.1) is 6.92 Å². The third-order valence-electron chi connectivity index (χ3n) is 4.34. The first kappa shape index (κ1) is 14.8. The van der Waals surface area contributed by atoms with E-state index in [1.807, 2.05) is 11.8 Å². The molecule has 0 bridgehead atoms. The lowest BCUT2D eigenvalue weighted by atomic mass is 9.93. The van der Waals surface area contributed by atoms with E-state index >= 15 is 0 Å². The van der Waals surface area contributed by atoms with Gasteiger partial charge in [-0.25, -0.2) is 0 Å². The van der Waals surface area contributed by atoms with Crippen molar-refractivity contribution < 1.29 is 9.32 Å². The molecule has 1 unspecified atom stereocenters. The molecule has 5 heteroatoms. The van der Waals surface area contributed by atoms with Crippen molar-refractivity contribution in [2.24, 2.45) is 0 Å². The molecule has 1 saturated heterocycles. The lowest BCUT2D eigenvalue weighted by Crippen LogP contribution is -2.50. The number of amides is 1. The van der Waals surface area contributed by atoms with Gasteiger partial charge in [-0.15, -0.1) is 0 Å². The van der Waals surface area contributed by atoms with Gasteiger partial charge in [-0.3, -0.25) is 4.79 Å². The van der Waals surface area contributed by atoms with E-state index in [1.54, 1.807) is 6.92 Å². The number of hydrogen-bond acceptors (Lipinski definition) is 4. The Balaban J connectivity index is 1.60. The fourth-order valence-electron chi connectivity index (χ4n) is 2.75. The van der Waals surface area contributed by atoms with Gasteiger partial charge in [0.15, 0.2) is 5.82 Å². The molecule has 0 saturated carbocycles. The van der Waals surface area contributed by atoms with Crippen molar-refractivity contribution in [1.29, 1.82) is 0 Å². The highest BCUT2D eigenvalue weighted by Crippen LogP contribution is 2.29. The molecule has 0 aliphatic carbocycles. The minimum absolute atomic E-state index is 0.115. The van der Waals surface area contributed by atoms with Gasteiger partial charge >= 0.3 is 0 Å². The monoisotopic (exact) mass is 299 g/mol. The Bertz CT molecular complexity index is 657. The number of aromatic nitrogens is 2. The van der Waals surface area contributed by atoms with Crippen LogP contribution in [0.25, 0.3) is 0 Å². The second kappa shape index (κ2) is 5.91. The van der Waals surface area contributed by atoms with Crippen molar-refractivity contribution in [1.82, 2.24) is 15.0 Å². The van der Waals surface area contributed by atoms with Crippen LogP contribution in [0.2, 0.25) is 0 Å². The minimum atomic E-state index is -0.115. The van der Waals surface area contributed by atoms with E-state index in [9.17, 15) is 4.79 Å². The van der Waals surface area contributed by atoms with Crippen LogP contribution >= 0.6 is 0 Å². The Morgan fingerprint density at radius 2 is 2.05 bits per heavy atom. The van der Waals surface area contributed by atoms with Crippen molar-refractivity contribution in [3.8, 4) is 0 Å². The average molecular weight is 299 g/mol. The summed E-state index contributed by atoms with van der Waals surface area (Å²) in [5.74, 6) is 1.51. The Hall–Kier alpha value is -2.17. The summed E-state index contributed by atoms with van der Waals surface area (Å²) >= 11 is 0. The molecule has 1 aliphatic rings. The zero-order valence-corrected chi connectivity index (χ0v) is 13.2. The van der Waals surface area contributed by atoms with Gasteiger partial charge in [-0.1, -0.05) is 36.3 Å². The van der Waals surface area contributed by atoms with Crippen LogP contribution in [0.1, 0.15) is 48.5 Å². The number of rotatable bonds is 4. The molecule has 0 radical (unpaired) electrons. The molecule has 5 nitrogen and oxygen atoms in total. The molecule has 1 fully saturated rings. The molecule has 3 rings (SSSR count). The molecule has 1 atom stereocenters. The standard InChI is InChI=1S/C17H21N3O2/c1-4-13-5-7-14(8-6-13)11(2)17(21)20-9-15(10-20)16-18-12(3)19-22-16/h5-8,11,15H,4,9-10H2,1-3H3. The molecular formula is C17H21N3O2. The van der Waals surface area contributed by atoms with Gasteiger partial charge in [0.1, 0.15) is 0 Å². The summed E-state index contributed by atoms with van der Waals surface area (Å²) in [6.07, 6.45) is 1.01. The minimum Gasteiger partial charge on any atom is -0.340 e. The van der Waals surface area contributed by atoms with E-state index in [4.69, 9.17) is 4.52 Å². The highest BCUT2D eigenvalue weighted by molar-refractivity contribution is 5.84. The molecule has 1 aromatic carbocycles. The first-order valence-corrected chi connectivity index (χ1v) is 7.76. The topological polar surface area (TPSA) is 59.2 Å². The molecule has 116 valence electrons. The van der Waals surface area contributed by atoms with Gasteiger partial charge in [0, 0.05) is 13.1 Å². The molecule has 1 amide bonds. The van der Waals surface area contributed by atoms with Gasteiger partial charge in [-0.2, -0.15) is 4.98 Å². The Kier molecular flexibility index (Phi) is 3.96. The van der Waals surface area contributed by atoms with Crippen LogP contribution in [-0.2, 0) is 11.2 Å². The van der Waals surface area contributed by atoms with Gasteiger partial charge < -0.3 is 9.42 Å². The van der Waals surface area contributed by atoms with Crippen LogP contribution in [-0.4, -0.2) is 34.0 Å². The molecule has 1 aliphatic heterocycles. The summed E-state index contributed by atoms with van der Waals surface area (Å²) in [4.78, 5) is 18.6. The normalized spacial score (nSPS) is 16.4. The maximum Gasteiger partial charge on any atom is 0.233 e. The van der Waals surface area contributed by atoms with E-state index in [-0.39, 0.29) is 17.7 Å². The predicted octanol–water partition coefficient (Wildman–Crippen LogP) is 2.67. The fraction of sp³-hybridized carbons (Fsp3) is 0.471. The largest absolute Gasteiger partial charge is 0.340 e. The van der Waals surface area contributed by atoms with Gasteiger partial charge in [0.05, 0.1) is 11.8 Å². The Labute approximate surface area is 130 Å². The number of hydrogen-bond donors (Lipinski definition) is 0. The van der Waals surface area contributed by atoms with Crippen molar-refractivity contribution in [3.63, 3.8) is 0 Å². The summed E-state index contributed by atoms with van der Waals surface area (Å²) < 4.78 is 5.17. The number of likely N-dealkylation sites (tertiary alicyclic amines) is 1. The highest BCUT2D eigenvalue weighted by atomic mass is 16.5. The number of aryl methyl sites for hydroxylation is 2. The van der Waals surface area contributed by atoms with E-state index in [1.165, 1.54) is 5.56 Å². The van der Waals surface area contributed by atoms with E-state index < -0.39 is 0 Å². The predicted molar refractivity (Wildman–Crippen MR) is 82.6 cm³/mol. The second-order valence-electron chi connectivity index (χ2n) is 5.94. The molecule has 1 aromatic heterocycles. The van der Waals surface area contributed by atoms with Crippen LogP contribution in [0.4, 0.5) is 0 Å². The van der Waals surface area contributed by atoms with Crippen LogP contribution in [0.15, 0.2) is 28.8 Å². The molecule has 22 heavy (non-hydrogen) atoms. The Morgan fingerprint density at radius 1 is 1.36 bits per heavy atom. The van der Waals surface area contributed by atoms with Gasteiger partial charge in [0.25, 0.3) is 0 Å². The zero-order chi connectivity index (χ0) is 15.7. The van der Waals surface area contributed by atoms with Crippen molar-refractivity contribution >= 4 is 5.91 Å². The average Bonchev–Trinajstić information content (AvgIpc) is 2.91. The van der Waals surface area contributed by atoms with Crippen LogP contribution in [0.3, 0.4) is 0 Å². The second-order valence-corrected chi connectivity index (χ2v) is 5.94. The van der Waals surface area contributed by atoms with E-state index in [0.29, 0.717) is 24.8 Å². The van der Waals surface area contributed by atoms with Crippen LogP contribution in [0.5, 0.6) is 0 Å². The van der Waals surface area contributed by atoms with Crippen molar-refractivity contribution in [3.05, 3.63) is 47.1 Å². The third kappa shape index (κ3) is 2.75. The third-order valence-corrected chi connectivity index (χ3v) is 4.34. The van der Waals surface area contributed by atoms with Gasteiger partial charge in [0.2, 0.25) is 11.8 Å². The maximum atomic E-state index is 12.5. The Morgan fingerprint density at radius 3 is 2.59 bits per heavy atom. The summed E-state index contributed by atoms with van der Waals surface area (Å²) in [5, 5.41) is 3.80. The van der Waals surface area contributed by atoms with Crippen molar-refractivity contribution in [2.75, 3.05) is 13.1 Å². The first-order valence-electron chi connectivity index (χ1n) is 7.76. The SMILES string of the molecule is CCc1ccc(C(C)C(=O)N2CC(c3nc(C)no3)C2)cc1. The number of nitrogens with zero attached hydrogens (tertiary/aromatic N) is 3.